The largest absolute Gasteiger partial charge is 0.438 e. The minimum atomic E-state index is -0.450. The second-order valence-corrected chi connectivity index (χ2v) is 5.37. The Morgan fingerprint density at radius 1 is 1.33 bits per heavy atom. The molecule has 7 heteroatoms. The maximum atomic E-state index is 13.4. The molecule has 0 aliphatic rings. The van der Waals surface area contributed by atoms with Crippen LogP contribution in [0.3, 0.4) is 0 Å². The number of ether oxygens (including phenoxy) is 1. The molecule has 1 aromatic carbocycles. The molecule has 3 N–H and O–H groups in total. The summed E-state index contributed by atoms with van der Waals surface area (Å²) >= 11 is 3.19. The lowest BCUT2D eigenvalue weighted by atomic mass is 10.1. The highest BCUT2D eigenvalue weighted by molar-refractivity contribution is 9.10. The molecule has 110 valence electrons. The van der Waals surface area contributed by atoms with Gasteiger partial charge >= 0.3 is 0 Å². The molecule has 1 aromatic heterocycles. The Hall–Kier alpha value is -2.15. The molecule has 0 fully saturated rings. The molecule has 0 aliphatic carbocycles. The number of nitrogens with zero attached hydrogens (tertiary/aromatic N) is 2. The van der Waals surface area contributed by atoms with Gasteiger partial charge in [0.25, 0.3) is 0 Å². The van der Waals surface area contributed by atoms with Gasteiger partial charge in [-0.1, -0.05) is 21.1 Å². The fraction of sp³-hybridized carbons (Fsp3) is 0.143. The summed E-state index contributed by atoms with van der Waals surface area (Å²) in [7, 11) is 0. The second-order valence-electron chi connectivity index (χ2n) is 4.45. The fourth-order valence-corrected chi connectivity index (χ4v) is 2.38. The number of oxime groups is 1. The lowest BCUT2D eigenvalue weighted by Gasteiger charge is -2.13. The van der Waals surface area contributed by atoms with Gasteiger partial charge in [-0.3, -0.25) is 0 Å². The molecule has 0 amide bonds. The first-order valence-electron chi connectivity index (χ1n) is 6.01. The number of nitrogens with two attached hydrogens (primary N) is 1. The van der Waals surface area contributed by atoms with E-state index in [9.17, 15) is 4.39 Å². The lowest BCUT2D eigenvalue weighted by Crippen LogP contribution is -2.17. The summed E-state index contributed by atoms with van der Waals surface area (Å²) in [5, 5.41) is 11.9. The Morgan fingerprint density at radius 2 is 2.05 bits per heavy atom. The normalized spacial score (nSPS) is 11.5. The maximum absolute atomic E-state index is 13.4. The molecule has 0 saturated heterocycles. The maximum Gasteiger partial charge on any atom is 0.230 e. The van der Waals surface area contributed by atoms with Crippen molar-refractivity contribution < 1.29 is 14.3 Å². The van der Waals surface area contributed by atoms with Crippen LogP contribution in [0, 0.1) is 19.7 Å². The Morgan fingerprint density at radius 3 is 2.67 bits per heavy atom. The minimum Gasteiger partial charge on any atom is -0.438 e. The first-order valence-corrected chi connectivity index (χ1v) is 6.80. The lowest BCUT2D eigenvalue weighted by molar-refractivity contribution is 0.318. The first kappa shape index (κ1) is 15.2. The van der Waals surface area contributed by atoms with Crippen LogP contribution in [0.5, 0.6) is 11.6 Å². The second kappa shape index (κ2) is 6.09. The number of aryl methyl sites for hydroxylation is 2. The number of amidine groups is 1. The molecule has 21 heavy (non-hydrogen) atoms. The molecule has 1 heterocycles. The molecule has 0 bridgehead atoms. The van der Waals surface area contributed by atoms with Crippen LogP contribution in [0.2, 0.25) is 0 Å². The van der Waals surface area contributed by atoms with Crippen molar-refractivity contribution in [3.63, 3.8) is 0 Å². The molecule has 2 rings (SSSR count). The highest BCUT2D eigenvalue weighted by Gasteiger charge is 2.16. The van der Waals surface area contributed by atoms with Gasteiger partial charge in [0.15, 0.2) is 5.84 Å². The highest BCUT2D eigenvalue weighted by atomic mass is 79.9. The van der Waals surface area contributed by atoms with Crippen molar-refractivity contribution in [2.45, 2.75) is 13.8 Å². The van der Waals surface area contributed by atoms with Crippen molar-refractivity contribution >= 4 is 21.8 Å². The number of pyridine rings is 1. The van der Waals surface area contributed by atoms with E-state index < -0.39 is 5.82 Å². The molecule has 2 aromatic rings. The average Bonchev–Trinajstić information content (AvgIpc) is 2.36. The summed E-state index contributed by atoms with van der Waals surface area (Å²) in [6.45, 7) is 3.58. The number of halogens is 2. The van der Waals surface area contributed by atoms with Crippen LogP contribution < -0.4 is 10.5 Å². The van der Waals surface area contributed by atoms with E-state index in [4.69, 9.17) is 15.7 Å². The Kier molecular flexibility index (Phi) is 4.42. The Balaban J connectivity index is 2.52. The van der Waals surface area contributed by atoms with Gasteiger partial charge in [-0.25, -0.2) is 9.37 Å². The van der Waals surface area contributed by atoms with Gasteiger partial charge in [0.2, 0.25) is 5.88 Å². The SMILES string of the molecule is Cc1cc(C)c(/C(N)=N/O)c(Oc2cc(F)cc(Br)c2)n1. The van der Waals surface area contributed by atoms with Crippen molar-refractivity contribution in [2.75, 3.05) is 0 Å². The van der Waals surface area contributed by atoms with E-state index in [-0.39, 0.29) is 17.5 Å². The summed E-state index contributed by atoms with van der Waals surface area (Å²) in [5.74, 6) is -0.161. The predicted octanol–water partition coefficient (Wildman–Crippen LogP) is 3.49. The van der Waals surface area contributed by atoms with Crippen molar-refractivity contribution in [3.8, 4) is 11.6 Å². The van der Waals surface area contributed by atoms with Crippen molar-refractivity contribution in [1.82, 2.24) is 4.98 Å². The van der Waals surface area contributed by atoms with Crippen LogP contribution in [0.1, 0.15) is 16.8 Å². The first-order chi connectivity index (χ1) is 9.90. The van der Waals surface area contributed by atoms with Gasteiger partial charge in [-0.15, -0.1) is 0 Å². The molecule has 5 nitrogen and oxygen atoms in total. The molecule has 0 spiro atoms. The minimum absolute atomic E-state index is 0.120. The molecule has 0 saturated carbocycles. The zero-order chi connectivity index (χ0) is 15.6. The Labute approximate surface area is 129 Å². The summed E-state index contributed by atoms with van der Waals surface area (Å²) in [6, 6.07) is 5.91. The third-order valence-corrected chi connectivity index (χ3v) is 3.18. The van der Waals surface area contributed by atoms with E-state index in [0.717, 1.165) is 5.56 Å². The van der Waals surface area contributed by atoms with E-state index >= 15 is 0 Å². The fourth-order valence-electron chi connectivity index (χ4n) is 1.94. The van der Waals surface area contributed by atoms with Crippen LogP contribution in [-0.4, -0.2) is 16.0 Å². The Bertz CT molecular complexity index is 699. The number of hydrogen-bond acceptors (Lipinski definition) is 4. The van der Waals surface area contributed by atoms with Gasteiger partial charge < -0.3 is 15.7 Å². The van der Waals surface area contributed by atoms with Gasteiger partial charge in [0, 0.05) is 16.2 Å². The standard InChI is InChI=1S/C14H13BrFN3O2/c1-7-3-8(2)18-14(12(7)13(17)19-20)21-11-5-9(15)4-10(16)6-11/h3-6,20H,1-2H3,(H2,17,19). The van der Waals surface area contributed by atoms with Crippen molar-refractivity contribution in [3.05, 3.63) is 51.4 Å². The molecular formula is C14H13BrFN3O2. The third kappa shape index (κ3) is 3.49. The topological polar surface area (TPSA) is 80.7 Å². The summed E-state index contributed by atoms with van der Waals surface area (Å²) in [6.07, 6.45) is 0. The van der Waals surface area contributed by atoms with Gasteiger partial charge in [-0.05, 0) is 37.6 Å². The van der Waals surface area contributed by atoms with Crippen LogP contribution in [0.25, 0.3) is 0 Å². The summed E-state index contributed by atoms with van der Waals surface area (Å²) in [4.78, 5) is 4.23. The van der Waals surface area contributed by atoms with Gasteiger partial charge in [0.1, 0.15) is 11.6 Å². The molecule has 0 atom stereocenters. The number of aromatic nitrogens is 1. The zero-order valence-electron chi connectivity index (χ0n) is 11.4. The van der Waals surface area contributed by atoms with Crippen LogP contribution in [0.15, 0.2) is 33.9 Å². The zero-order valence-corrected chi connectivity index (χ0v) is 13.0. The average molecular weight is 354 g/mol. The van der Waals surface area contributed by atoms with Crippen LogP contribution >= 0.6 is 15.9 Å². The summed E-state index contributed by atoms with van der Waals surface area (Å²) < 4.78 is 19.5. The predicted molar refractivity (Wildman–Crippen MR) is 80.4 cm³/mol. The van der Waals surface area contributed by atoms with Crippen molar-refractivity contribution in [1.29, 1.82) is 0 Å². The molecule has 0 radical (unpaired) electrons. The van der Waals surface area contributed by atoms with E-state index in [1.165, 1.54) is 12.1 Å². The van der Waals surface area contributed by atoms with Gasteiger partial charge in [0.05, 0.1) is 5.56 Å². The molecule has 0 aliphatic heterocycles. The monoisotopic (exact) mass is 353 g/mol. The van der Waals surface area contributed by atoms with Crippen LogP contribution in [-0.2, 0) is 0 Å². The third-order valence-electron chi connectivity index (χ3n) is 2.73. The smallest absolute Gasteiger partial charge is 0.230 e. The summed E-state index contributed by atoms with van der Waals surface area (Å²) in [5.41, 5.74) is 7.46. The molecular weight excluding hydrogens is 341 g/mol. The van der Waals surface area contributed by atoms with Crippen molar-refractivity contribution in [2.24, 2.45) is 10.9 Å². The van der Waals surface area contributed by atoms with E-state index in [0.29, 0.717) is 15.7 Å². The van der Waals surface area contributed by atoms with E-state index in [1.54, 1.807) is 26.0 Å². The number of hydrogen-bond donors (Lipinski definition) is 2. The number of rotatable bonds is 3. The van der Waals surface area contributed by atoms with Crippen LogP contribution in [0.4, 0.5) is 4.39 Å². The van der Waals surface area contributed by atoms with Gasteiger partial charge in [-0.2, -0.15) is 0 Å². The molecule has 0 unspecified atom stereocenters. The quantitative estimate of drug-likeness (QED) is 0.383. The highest BCUT2D eigenvalue weighted by Crippen LogP contribution is 2.29. The number of benzene rings is 1. The van der Waals surface area contributed by atoms with E-state index in [2.05, 4.69) is 26.1 Å². The van der Waals surface area contributed by atoms with E-state index in [1.807, 2.05) is 0 Å².